The van der Waals surface area contributed by atoms with Crippen molar-refractivity contribution in [2.45, 2.75) is 20.0 Å². The first-order valence-electron chi connectivity index (χ1n) is 9.32. The van der Waals surface area contributed by atoms with Gasteiger partial charge in [0.25, 0.3) is 0 Å². The number of hydrogen-bond donors (Lipinski definition) is 0. The molecule has 1 unspecified atom stereocenters. The Labute approximate surface area is 163 Å². The molecule has 1 fully saturated rings. The van der Waals surface area contributed by atoms with Gasteiger partial charge in [0.1, 0.15) is 11.6 Å². The predicted octanol–water partition coefficient (Wildman–Crippen LogP) is 2.37. The Balaban J connectivity index is 1.44. The first-order valence-corrected chi connectivity index (χ1v) is 9.32. The summed E-state index contributed by atoms with van der Waals surface area (Å²) in [6.45, 7) is 6.43. The van der Waals surface area contributed by atoms with E-state index in [9.17, 15) is 4.79 Å². The molecule has 1 saturated heterocycles. The number of aromatic nitrogens is 4. The van der Waals surface area contributed by atoms with E-state index in [1.807, 2.05) is 36.5 Å². The van der Waals surface area contributed by atoms with Crippen LogP contribution in [0.3, 0.4) is 0 Å². The third kappa shape index (κ3) is 3.85. The first kappa shape index (κ1) is 18.1. The Morgan fingerprint density at radius 2 is 1.64 bits per heavy atom. The number of fused-ring (bicyclic) bond motifs is 1. The van der Waals surface area contributed by atoms with Gasteiger partial charge in [-0.25, -0.2) is 15.0 Å². The third-order valence-electron chi connectivity index (χ3n) is 4.73. The van der Waals surface area contributed by atoms with E-state index in [2.05, 4.69) is 24.8 Å². The van der Waals surface area contributed by atoms with Crippen molar-refractivity contribution in [3.05, 3.63) is 48.5 Å². The summed E-state index contributed by atoms with van der Waals surface area (Å²) in [7, 11) is 0. The SMILES string of the molecule is CC(=O)OC(C)c1nccc(N2CCN(c3cnc4ccccc4n3)CC2)n1. The lowest BCUT2D eigenvalue weighted by molar-refractivity contribution is -0.146. The number of hydrogen-bond acceptors (Lipinski definition) is 8. The van der Waals surface area contributed by atoms with Crippen LogP contribution in [0.4, 0.5) is 11.6 Å². The second-order valence-electron chi connectivity index (χ2n) is 6.72. The fourth-order valence-electron chi connectivity index (χ4n) is 3.30. The van der Waals surface area contributed by atoms with Crippen LogP contribution in [-0.4, -0.2) is 52.1 Å². The van der Waals surface area contributed by atoms with Crippen LogP contribution in [-0.2, 0) is 9.53 Å². The minimum atomic E-state index is -0.466. The number of carbonyl (C=O) groups excluding carboxylic acids is 1. The third-order valence-corrected chi connectivity index (χ3v) is 4.73. The van der Waals surface area contributed by atoms with Gasteiger partial charge >= 0.3 is 5.97 Å². The molecule has 1 aromatic carbocycles. The Hall–Kier alpha value is -3.29. The molecule has 0 bridgehead atoms. The molecule has 8 heteroatoms. The van der Waals surface area contributed by atoms with Crippen LogP contribution in [0, 0.1) is 0 Å². The molecule has 0 aliphatic carbocycles. The molecule has 1 aliphatic heterocycles. The smallest absolute Gasteiger partial charge is 0.303 e. The molecule has 4 rings (SSSR count). The van der Waals surface area contributed by atoms with Gasteiger partial charge in [-0.3, -0.25) is 9.78 Å². The highest BCUT2D eigenvalue weighted by Crippen LogP contribution is 2.21. The van der Waals surface area contributed by atoms with Gasteiger partial charge in [0.2, 0.25) is 0 Å². The maximum absolute atomic E-state index is 11.2. The molecule has 3 heterocycles. The summed E-state index contributed by atoms with van der Waals surface area (Å²) in [5.41, 5.74) is 1.81. The van der Waals surface area contributed by atoms with Crippen LogP contribution in [0.2, 0.25) is 0 Å². The molecule has 28 heavy (non-hydrogen) atoms. The van der Waals surface area contributed by atoms with Crippen molar-refractivity contribution < 1.29 is 9.53 Å². The van der Waals surface area contributed by atoms with Crippen LogP contribution in [0.5, 0.6) is 0 Å². The van der Waals surface area contributed by atoms with Crippen molar-refractivity contribution in [2.75, 3.05) is 36.0 Å². The lowest BCUT2D eigenvalue weighted by atomic mass is 10.3. The van der Waals surface area contributed by atoms with Crippen molar-refractivity contribution in [1.82, 2.24) is 19.9 Å². The summed E-state index contributed by atoms with van der Waals surface area (Å²) in [5.74, 6) is 1.90. The average molecular weight is 378 g/mol. The van der Waals surface area contributed by atoms with Gasteiger partial charge < -0.3 is 14.5 Å². The molecule has 1 atom stereocenters. The van der Waals surface area contributed by atoms with E-state index >= 15 is 0 Å². The number of rotatable bonds is 4. The van der Waals surface area contributed by atoms with Gasteiger partial charge in [-0.05, 0) is 25.1 Å². The molecule has 0 radical (unpaired) electrons. The maximum Gasteiger partial charge on any atom is 0.303 e. The van der Waals surface area contributed by atoms with E-state index in [0.717, 1.165) is 48.8 Å². The predicted molar refractivity (Wildman–Crippen MR) is 106 cm³/mol. The Bertz CT molecular complexity index is 987. The molecule has 3 aromatic rings. The van der Waals surface area contributed by atoms with E-state index in [-0.39, 0.29) is 5.97 Å². The van der Waals surface area contributed by atoms with Gasteiger partial charge in [0, 0.05) is 39.3 Å². The van der Waals surface area contributed by atoms with Crippen LogP contribution >= 0.6 is 0 Å². The molecular formula is C20H22N6O2. The van der Waals surface area contributed by atoms with Crippen LogP contribution < -0.4 is 9.80 Å². The second-order valence-corrected chi connectivity index (χ2v) is 6.72. The van der Waals surface area contributed by atoms with E-state index < -0.39 is 6.10 Å². The minimum Gasteiger partial charge on any atom is -0.455 e. The Morgan fingerprint density at radius 3 is 2.36 bits per heavy atom. The normalized spacial score (nSPS) is 15.5. The molecule has 1 aliphatic rings. The van der Waals surface area contributed by atoms with E-state index in [0.29, 0.717) is 5.82 Å². The van der Waals surface area contributed by atoms with Crippen molar-refractivity contribution in [1.29, 1.82) is 0 Å². The Kier molecular flexibility index (Phi) is 5.01. The number of para-hydroxylation sites is 2. The van der Waals surface area contributed by atoms with Gasteiger partial charge in [0.05, 0.1) is 17.2 Å². The zero-order valence-corrected chi connectivity index (χ0v) is 15.9. The van der Waals surface area contributed by atoms with Crippen molar-refractivity contribution in [3.8, 4) is 0 Å². The second kappa shape index (κ2) is 7.75. The van der Waals surface area contributed by atoms with Gasteiger partial charge in [0.15, 0.2) is 11.9 Å². The van der Waals surface area contributed by atoms with Crippen molar-refractivity contribution in [3.63, 3.8) is 0 Å². The fraction of sp³-hybridized carbons (Fsp3) is 0.350. The number of esters is 1. The summed E-state index contributed by atoms with van der Waals surface area (Å²) in [6.07, 6.45) is 3.08. The van der Waals surface area contributed by atoms with Crippen LogP contribution in [0.25, 0.3) is 11.0 Å². The fourth-order valence-corrected chi connectivity index (χ4v) is 3.30. The van der Waals surface area contributed by atoms with Gasteiger partial charge in [-0.2, -0.15) is 0 Å². The lowest BCUT2D eigenvalue weighted by Gasteiger charge is -2.36. The number of benzene rings is 1. The summed E-state index contributed by atoms with van der Waals surface area (Å²) in [5, 5.41) is 0. The van der Waals surface area contributed by atoms with Crippen molar-refractivity contribution >= 4 is 28.6 Å². The number of piperazine rings is 1. The molecule has 8 nitrogen and oxygen atoms in total. The van der Waals surface area contributed by atoms with Gasteiger partial charge in [-0.15, -0.1) is 0 Å². The summed E-state index contributed by atoms with van der Waals surface area (Å²) < 4.78 is 5.18. The molecule has 2 aromatic heterocycles. The number of carbonyl (C=O) groups is 1. The molecule has 0 amide bonds. The quantitative estimate of drug-likeness (QED) is 0.640. The number of anilines is 2. The standard InChI is InChI=1S/C20H22N6O2/c1-14(28-15(2)27)20-21-8-7-18(24-20)25-9-11-26(12-10-25)19-13-22-16-5-3-4-6-17(16)23-19/h3-8,13-14H,9-12H2,1-2H3. The maximum atomic E-state index is 11.2. The zero-order chi connectivity index (χ0) is 19.5. The molecule has 144 valence electrons. The molecule has 0 N–H and O–H groups in total. The zero-order valence-electron chi connectivity index (χ0n) is 15.9. The number of nitrogens with zero attached hydrogens (tertiary/aromatic N) is 6. The monoisotopic (exact) mass is 378 g/mol. The minimum absolute atomic E-state index is 0.341. The van der Waals surface area contributed by atoms with Gasteiger partial charge in [-0.1, -0.05) is 12.1 Å². The highest BCUT2D eigenvalue weighted by Gasteiger charge is 2.21. The lowest BCUT2D eigenvalue weighted by Crippen LogP contribution is -2.47. The summed E-state index contributed by atoms with van der Waals surface area (Å²) >= 11 is 0. The highest BCUT2D eigenvalue weighted by molar-refractivity contribution is 5.75. The first-order chi connectivity index (χ1) is 13.6. The van der Waals surface area contributed by atoms with Crippen LogP contribution in [0.15, 0.2) is 42.7 Å². The highest BCUT2D eigenvalue weighted by atomic mass is 16.5. The average Bonchev–Trinajstić information content (AvgIpc) is 2.73. The van der Waals surface area contributed by atoms with E-state index in [1.165, 1.54) is 6.92 Å². The largest absolute Gasteiger partial charge is 0.455 e. The number of ether oxygens (including phenoxy) is 1. The molecular weight excluding hydrogens is 356 g/mol. The van der Waals surface area contributed by atoms with Crippen molar-refractivity contribution in [2.24, 2.45) is 0 Å². The summed E-state index contributed by atoms with van der Waals surface area (Å²) in [4.78, 5) is 33.7. The molecule has 0 saturated carbocycles. The van der Waals surface area contributed by atoms with E-state index in [4.69, 9.17) is 9.72 Å². The van der Waals surface area contributed by atoms with Crippen LogP contribution in [0.1, 0.15) is 25.8 Å². The Morgan fingerprint density at radius 1 is 0.964 bits per heavy atom. The topological polar surface area (TPSA) is 84.3 Å². The van der Waals surface area contributed by atoms with E-state index in [1.54, 1.807) is 13.1 Å². The molecule has 0 spiro atoms. The summed E-state index contributed by atoms with van der Waals surface area (Å²) in [6, 6.07) is 9.77.